The van der Waals surface area contributed by atoms with Crippen molar-refractivity contribution in [1.29, 1.82) is 0 Å². The minimum absolute atomic E-state index is 0.00909. The lowest BCUT2D eigenvalue weighted by Gasteiger charge is -2.22. The Morgan fingerprint density at radius 1 is 1.00 bits per heavy atom. The molecule has 0 heterocycles. The summed E-state index contributed by atoms with van der Waals surface area (Å²) < 4.78 is 51.5. The van der Waals surface area contributed by atoms with E-state index in [1.54, 1.807) is 52.5 Å². The van der Waals surface area contributed by atoms with Crippen molar-refractivity contribution in [3.63, 3.8) is 0 Å². The predicted molar refractivity (Wildman–Crippen MR) is 126 cm³/mol. The number of hydrogen-bond donors (Lipinski definition) is 1. The number of rotatable bonds is 14. The van der Waals surface area contributed by atoms with E-state index < -0.39 is 6.61 Å². The molecule has 0 radical (unpaired) electrons. The van der Waals surface area contributed by atoms with Gasteiger partial charge in [-0.15, -0.1) is 0 Å². The standard InChI is InChI=1S/C25H32F2N2O6/c1-5-34-23-10-16(6-9-19(23)35-25(26)27)14-29(18-7-8-18)15-24(30)28-13-17-11-21(32-3)22(33-4)12-20(17)31-2/h6,9-12,18,25H,5,7-8,13-15H2,1-4H3,(H,28,30). The van der Waals surface area contributed by atoms with Crippen LogP contribution in [0.25, 0.3) is 0 Å². The van der Waals surface area contributed by atoms with Gasteiger partial charge in [-0.25, -0.2) is 0 Å². The first-order valence-electron chi connectivity index (χ1n) is 11.4. The third-order valence-corrected chi connectivity index (χ3v) is 5.58. The average molecular weight is 495 g/mol. The summed E-state index contributed by atoms with van der Waals surface area (Å²) in [5.41, 5.74) is 1.60. The van der Waals surface area contributed by atoms with Crippen LogP contribution in [0.5, 0.6) is 28.7 Å². The van der Waals surface area contributed by atoms with Gasteiger partial charge in [0.1, 0.15) is 5.75 Å². The van der Waals surface area contributed by atoms with Crippen LogP contribution in [0.2, 0.25) is 0 Å². The van der Waals surface area contributed by atoms with Crippen molar-refractivity contribution in [3.05, 3.63) is 41.5 Å². The molecular formula is C25H32F2N2O6. The summed E-state index contributed by atoms with van der Waals surface area (Å²) in [4.78, 5) is 14.9. The fourth-order valence-corrected chi connectivity index (χ4v) is 3.77. The van der Waals surface area contributed by atoms with Gasteiger partial charge in [0, 0.05) is 30.8 Å². The van der Waals surface area contributed by atoms with Gasteiger partial charge in [-0.05, 0) is 43.5 Å². The van der Waals surface area contributed by atoms with E-state index in [2.05, 4.69) is 15.0 Å². The van der Waals surface area contributed by atoms with Crippen LogP contribution in [0, 0.1) is 0 Å². The summed E-state index contributed by atoms with van der Waals surface area (Å²) in [6.07, 6.45) is 2.00. The number of ether oxygens (including phenoxy) is 5. The lowest BCUT2D eigenvalue weighted by Crippen LogP contribution is -2.37. The number of nitrogens with one attached hydrogen (secondary N) is 1. The summed E-state index contributed by atoms with van der Waals surface area (Å²) >= 11 is 0. The molecule has 1 N–H and O–H groups in total. The van der Waals surface area contributed by atoms with E-state index in [-0.39, 0.29) is 30.5 Å². The van der Waals surface area contributed by atoms with Gasteiger partial charge in [0.25, 0.3) is 0 Å². The van der Waals surface area contributed by atoms with Crippen LogP contribution >= 0.6 is 0 Å². The number of nitrogens with zero attached hydrogens (tertiary/aromatic N) is 1. The van der Waals surface area contributed by atoms with Crippen LogP contribution in [0.3, 0.4) is 0 Å². The van der Waals surface area contributed by atoms with Crippen LogP contribution in [0.1, 0.15) is 30.9 Å². The molecule has 1 fully saturated rings. The molecular weight excluding hydrogens is 462 g/mol. The highest BCUT2D eigenvalue weighted by molar-refractivity contribution is 5.78. The second-order valence-electron chi connectivity index (χ2n) is 8.02. The van der Waals surface area contributed by atoms with E-state index in [0.29, 0.717) is 36.4 Å². The fourth-order valence-electron chi connectivity index (χ4n) is 3.77. The third-order valence-electron chi connectivity index (χ3n) is 5.58. The Balaban J connectivity index is 1.65. The van der Waals surface area contributed by atoms with Gasteiger partial charge in [0.15, 0.2) is 23.0 Å². The average Bonchev–Trinajstić information content (AvgIpc) is 3.68. The number of alkyl halides is 2. The Morgan fingerprint density at radius 2 is 1.69 bits per heavy atom. The zero-order valence-electron chi connectivity index (χ0n) is 20.4. The number of amides is 1. The van der Waals surface area contributed by atoms with Crippen LogP contribution in [0.15, 0.2) is 30.3 Å². The van der Waals surface area contributed by atoms with Gasteiger partial charge in [0.2, 0.25) is 5.91 Å². The zero-order valence-corrected chi connectivity index (χ0v) is 20.4. The minimum Gasteiger partial charge on any atom is -0.496 e. The largest absolute Gasteiger partial charge is 0.496 e. The highest BCUT2D eigenvalue weighted by atomic mass is 19.3. The summed E-state index contributed by atoms with van der Waals surface area (Å²) in [6, 6.07) is 8.65. The molecule has 1 saturated carbocycles. The Morgan fingerprint density at radius 3 is 2.29 bits per heavy atom. The number of hydrogen-bond acceptors (Lipinski definition) is 7. The van der Waals surface area contributed by atoms with Crippen molar-refractivity contribution in [2.45, 2.75) is 45.5 Å². The van der Waals surface area contributed by atoms with Crippen molar-refractivity contribution in [2.75, 3.05) is 34.5 Å². The Labute approximate surface area is 204 Å². The molecule has 0 saturated heterocycles. The van der Waals surface area contributed by atoms with Gasteiger partial charge in [0.05, 0.1) is 34.5 Å². The molecule has 0 atom stereocenters. The predicted octanol–water partition coefficient (Wildman–Crippen LogP) is 3.99. The van der Waals surface area contributed by atoms with E-state index in [0.717, 1.165) is 24.0 Å². The zero-order chi connectivity index (χ0) is 25.4. The lowest BCUT2D eigenvalue weighted by atomic mass is 10.1. The fraction of sp³-hybridized carbons (Fsp3) is 0.480. The number of carbonyl (C=O) groups excluding carboxylic acids is 1. The smallest absolute Gasteiger partial charge is 0.387 e. The third kappa shape index (κ3) is 7.35. The van der Waals surface area contributed by atoms with E-state index in [4.69, 9.17) is 18.9 Å². The molecule has 10 heteroatoms. The second-order valence-corrected chi connectivity index (χ2v) is 8.02. The molecule has 1 aliphatic rings. The highest BCUT2D eigenvalue weighted by Crippen LogP contribution is 2.35. The normalized spacial score (nSPS) is 13.0. The molecule has 3 rings (SSSR count). The number of carbonyl (C=O) groups is 1. The summed E-state index contributed by atoms with van der Waals surface area (Å²) in [6.45, 7) is 0.0854. The van der Waals surface area contributed by atoms with Gasteiger partial charge < -0.3 is 29.0 Å². The maximum atomic E-state index is 12.8. The molecule has 8 nitrogen and oxygen atoms in total. The van der Waals surface area contributed by atoms with Crippen molar-refractivity contribution < 1.29 is 37.3 Å². The molecule has 2 aromatic carbocycles. The molecule has 1 amide bonds. The number of methoxy groups -OCH3 is 3. The number of halogens is 2. The Bertz CT molecular complexity index is 1000. The Hall–Kier alpha value is -3.27. The van der Waals surface area contributed by atoms with Crippen molar-refractivity contribution in [2.24, 2.45) is 0 Å². The lowest BCUT2D eigenvalue weighted by molar-refractivity contribution is -0.122. The molecule has 0 aromatic heterocycles. The van der Waals surface area contributed by atoms with Crippen LogP contribution < -0.4 is 29.0 Å². The van der Waals surface area contributed by atoms with E-state index >= 15 is 0 Å². The van der Waals surface area contributed by atoms with E-state index in [1.165, 1.54) is 6.07 Å². The van der Waals surface area contributed by atoms with Gasteiger partial charge in [-0.1, -0.05) is 6.07 Å². The summed E-state index contributed by atoms with van der Waals surface area (Å²) in [7, 11) is 4.64. The maximum absolute atomic E-state index is 12.8. The Kier molecular flexibility index (Phi) is 9.36. The molecule has 0 bridgehead atoms. The maximum Gasteiger partial charge on any atom is 0.387 e. The molecule has 2 aromatic rings. The summed E-state index contributed by atoms with van der Waals surface area (Å²) in [5, 5.41) is 2.94. The van der Waals surface area contributed by atoms with Crippen LogP contribution in [0.4, 0.5) is 8.78 Å². The molecule has 1 aliphatic carbocycles. The van der Waals surface area contributed by atoms with Crippen LogP contribution in [-0.2, 0) is 17.9 Å². The molecule has 0 spiro atoms. The monoisotopic (exact) mass is 494 g/mol. The topological polar surface area (TPSA) is 78.5 Å². The van der Waals surface area contributed by atoms with E-state index in [9.17, 15) is 13.6 Å². The van der Waals surface area contributed by atoms with Gasteiger partial charge in [-0.2, -0.15) is 8.78 Å². The second kappa shape index (κ2) is 12.4. The first-order chi connectivity index (χ1) is 16.9. The minimum atomic E-state index is -2.93. The van der Waals surface area contributed by atoms with Gasteiger partial charge in [-0.3, -0.25) is 9.69 Å². The molecule has 192 valence electrons. The van der Waals surface area contributed by atoms with Gasteiger partial charge >= 0.3 is 6.61 Å². The molecule has 0 aliphatic heterocycles. The quantitative estimate of drug-likeness (QED) is 0.425. The first kappa shape index (κ1) is 26.3. The summed E-state index contributed by atoms with van der Waals surface area (Å²) in [5.74, 6) is 1.77. The SMILES string of the molecule is CCOc1cc(CN(CC(=O)NCc2cc(OC)c(OC)cc2OC)C2CC2)ccc1OC(F)F. The molecule has 0 unspecified atom stereocenters. The highest BCUT2D eigenvalue weighted by Gasteiger charge is 2.30. The van der Waals surface area contributed by atoms with Crippen molar-refractivity contribution in [3.8, 4) is 28.7 Å². The van der Waals surface area contributed by atoms with Crippen LogP contribution in [-0.4, -0.2) is 57.9 Å². The van der Waals surface area contributed by atoms with E-state index in [1.807, 2.05) is 0 Å². The van der Waals surface area contributed by atoms with Crippen molar-refractivity contribution in [1.82, 2.24) is 10.2 Å². The van der Waals surface area contributed by atoms with Crippen molar-refractivity contribution >= 4 is 5.91 Å². The number of benzene rings is 2. The molecule has 35 heavy (non-hydrogen) atoms. The first-order valence-corrected chi connectivity index (χ1v) is 11.4.